The zero-order valence-electron chi connectivity index (χ0n) is 14.2. The van der Waals surface area contributed by atoms with E-state index in [9.17, 15) is 9.18 Å². The van der Waals surface area contributed by atoms with Crippen LogP contribution in [0.5, 0.6) is 0 Å². The highest BCUT2D eigenvalue weighted by Crippen LogP contribution is 2.33. The first-order valence-electron chi connectivity index (χ1n) is 8.22. The van der Waals surface area contributed by atoms with E-state index in [1.807, 2.05) is 0 Å². The first-order valence-corrected chi connectivity index (χ1v) is 8.22. The smallest absolute Gasteiger partial charge is 0.252 e. The molecule has 1 atom stereocenters. The summed E-state index contributed by atoms with van der Waals surface area (Å²) in [4.78, 5) is 21.7. The van der Waals surface area contributed by atoms with E-state index in [2.05, 4.69) is 15.3 Å². The maximum absolute atomic E-state index is 13.9. The van der Waals surface area contributed by atoms with Crippen molar-refractivity contribution in [1.29, 1.82) is 0 Å². The van der Waals surface area contributed by atoms with E-state index < -0.39 is 17.8 Å². The molecular weight excluding hydrogens is 335 g/mol. The van der Waals surface area contributed by atoms with E-state index in [1.54, 1.807) is 31.3 Å². The molecule has 3 aromatic rings. The average molecular weight is 354 g/mol. The molecule has 0 bridgehead atoms. The zero-order valence-corrected chi connectivity index (χ0v) is 14.2. The molecule has 0 fully saturated rings. The Morgan fingerprint density at radius 1 is 1.35 bits per heavy atom. The summed E-state index contributed by atoms with van der Waals surface area (Å²) in [7, 11) is 0. The number of hydrogen-bond acceptors (Lipinski definition) is 5. The van der Waals surface area contributed by atoms with Gasteiger partial charge in [-0.1, -0.05) is 6.07 Å². The molecule has 0 aliphatic rings. The van der Waals surface area contributed by atoms with Gasteiger partial charge in [-0.25, -0.2) is 4.39 Å². The standard InChI is InChI=1S/C19H19FN4O2/c1-11(21)18-17(15-4-2-3-7-22-15)16(19(26)23-8-9-25)13-10-12(20)5-6-14(13)24-18/h2-7,10-11,25H,8-9,21H2,1H3,(H,23,26)/t11-/m0/s1. The van der Waals surface area contributed by atoms with Crippen molar-refractivity contribution < 1.29 is 14.3 Å². The van der Waals surface area contributed by atoms with Gasteiger partial charge in [0.05, 0.1) is 29.1 Å². The molecule has 0 saturated carbocycles. The van der Waals surface area contributed by atoms with Gasteiger partial charge in [0.2, 0.25) is 0 Å². The van der Waals surface area contributed by atoms with Crippen molar-refractivity contribution in [2.24, 2.45) is 5.73 Å². The highest BCUT2D eigenvalue weighted by molar-refractivity contribution is 6.11. The second-order valence-electron chi connectivity index (χ2n) is 5.89. The average Bonchev–Trinajstić information content (AvgIpc) is 2.65. The van der Waals surface area contributed by atoms with E-state index >= 15 is 0 Å². The molecule has 2 heterocycles. The third-order valence-corrected chi connectivity index (χ3v) is 3.95. The molecule has 4 N–H and O–H groups in total. The van der Waals surface area contributed by atoms with Gasteiger partial charge in [-0.2, -0.15) is 0 Å². The Kier molecular flexibility index (Phi) is 5.20. The maximum Gasteiger partial charge on any atom is 0.252 e. The van der Waals surface area contributed by atoms with E-state index in [4.69, 9.17) is 10.8 Å². The molecule has 26 heavy (non-hydrogen) atoms. The molecule has 1 amide bonds. The highest BCUT2D eigenvalue weighted by Gasteiger charge is 2.24. The Balaban J connectivity index is 2.39. The van der Waals surface area contributed by atoms with Crippen LogP contribution in [-0.4, -0.2) is 34.1 Å². The van der Waals surface area contributed by atoms with Crippen molar-refractivity contribution >= 4 is 16.8 Å². The van der Waals surface area contributed by atoms with Crippen LogP contribution < -0.4 is 11.1 Å². The predicted molar refractivity (Wildman–Crippen MR) is 97.0 cm³/mol. The second-order valence-corrected chi connectivity index (χ2v) is 5.89. The Hall–Kier alpha value is -2.90. The maximum atomic E-state index is 13.9. The van der Waals surface area contributed by atoms with Crippen LogP contribution in [0.1, 0.15) is 29.0 Å². The molecule has 7 heteroatoms. The molecule has 6 nitrogen and oxygen atoms in total. The van der Waals surface area contributed by atoms with E-state index in [1.165, 1.54) is 18.2 Å². The molecular formula is C19H19FN4O2. The van der Waals surface area contributed by atoms with Crippen LogP contribution in [-0.2, 0) is 0 Å². The number of aromatic nitrogens is 2. The number of halogens is 1. The van der Waals surface area contributed by atoms with Crippen LogP contribution in [0.3, 0.4) is 0 Å². The number of aliphatic hydroxyl groups is 1. The first-order chi connectivity index (χ1) is 12.5. The molecule has 0 aliphatic heterocycles. The summed E-state index contributed by atoms with van der Waals surface area (Å²) in [6, 6.07) is 8.90. The molecule has 134 valence electrons. The number of rotatable bonds is 5. The van der Waals surface area contributed by atoms with E-state index in [0.717, 1.165) is 0 Å². The molecule has 1 aromatic carbocycles. The van der Waals surface area contributed by atoms with Crippen molar-refractivity contribution in [3.8, 4) is 11.3 Å². The number of nitrogens with one attached hydrogen (secondary N) is 1. The lowest BCUT2D eigenvalue weighted by Gasteiger charge is -2.18. The summed E-state index contributed by atoms with van der Waals surface area (Å²) in [6.07, 6.45) is 1.60. The number of amides is 1. The molecule has 0 saturated heterocycles. The first kappa shape index (κ1) is 17.9. The Labute approximate surface area is 149 Å². The fourth-order valence-corrected chi connectivity index (χ4v) is 2.85. The number of nitrogens with two attached hydrogens (primary N) is 1. The van der Waals surface area contributed by atoms with Crippen LogP contribution in [0.2, 0.25) is 0 Å². The van der Waals surface area contributed by atoms with Crippen LogP contribution in [0, 0.1) is 5.82 Å². The van der Waals surface area contributed by atoms with Gasteiger partial charge in [-0.15, -0.1) is 0 Å². The largest absolute Gasteiger partial charge is 0.395 e. The van der Waals surface area contributed by atoms with Gasteiger partial charge < -0.3 is 16.2 Å². The summed E-state index contributed by atoms with van der Waals surface area (Å²) < 4.78 is 13.9. The van der Waals surface area contributed by atoms with Gasteiger partial charge in [0.25, 0.3) is 5.91 Å². The number of benzene rings is 1. The molecule has 0 unspecified atom stereocenters. The van der Waals surface area contributed by atoms with Crippen molar-refractivity contribution in [1.82, 2.24) is 15.3 Å². The second kappa shape index (κ2) is 7.55. The molecule has 3 rings (SSSR count). The van der Waals surface area contributed by atoms with Gasteiger partial charge in [-0.3, -0.25) is 14.8 Å². The number of aliphatic hydroxyl groups excluding tert-OH is 1. The number of fused-ring (bicyclic) bond motifs is 1. The lowest BCUT2D eigenvalue weighted by molar-refractivity contribution is 0.0947. The quantitative estimate of drug-likeness (QED) is 0.652. The Morgan fingerprint density at radius 3 is 2.81 bits per heavy atom. The van der Waals surface area contributed by atoms with Crippen molar-refractivity contribution in [2.45, 2.75) is 13.0 Å². The van der Waals surface area contributed by atoms with E-state index in [-0.39, 0.29) is 18.7 Å². The third-order valence-electron chi connectivity index (χ3n) is 3.95. The molecule has 2 aromatic heterocycles. The topological polar surface area (TPSA) is 101 Å². The van der Waals surface area contributed by atoms with Crippen LogP contribution in [0.15, 0.2) is 42.6 Å². The lowest BCUT2D eigenvalue weighted by Crippen LogP contribution is -2.28. The number of hydrogen-bond donors (Lipinski definition) is 3. The van der Waals surface area contributed by atoms with Gasteiger partial charge >= 0.3 is 0 Å². The molecule has 0 spiro atoms. The number of pyridine rings is 2. The minimum atomic E-state index is -0.476. The Bertz CT molecular complexity index is 945. The van der Waals surface area contributed by atoms with Gasteiger partial charge in [0.1, 0.15) is 5.82 Å². The predicted octanol–water partition coefficient (Wildman–Crippen LogP) is 2.18. The number of nitrogens with zero attached hydrogens (tertiary/aromatic N) is 2. The minimum absolute atomic E-state index is 0.0765. The van der Waals surface area contributed by atoms with Crippen LogP contribution in [0.25, 0.3) is 22.2 Å². The molecule has 0 aliphatic carbocycles. The summed E-state index contributed by atoms with van der Waals surface area (Å²) in [6.45, 7) is 1.63. The van der Waals surface area contributed by atoms with Crippen LogP contribution in [0.4, 0.5) is 4.39 Å². The van der Waals surface area contributed by atoms with Gasteiger partial charge in [0, 0.05) is 29.7 Å². The zero-order chi connectivity index (χ0) is 18.7. The Morgan fingerprint density at radius 2 is 2.15 bits per heavy atom. The summed E-state index contributed by atoms with van der Waals surface area (Å²) in [5.74, 6) is -0.921. The molecule has 0 radical (unpaired) electrons. The number of carbonyl (C=O) groups excluding carboxylic acids is 1. The highest BCUT2D eigenvalue weighted by atomic mass is 19.1. The third kappa shape index (κ3) is 3.40. The number of carbonyl (C=O) groups is 1. The monoisotopic (exact) mass is 354 g/mol. The van der Waals surface area contributed by atoms with Crippen molar-refractivity contribution in [3.05, 3.63) is 59.7 Å². The normalized spacial score (nSPS) is 12.2. The summed E-state index contributed by atoms with van der Waals surface area (Å²) in [5.41, 5.74) is 8.30. The van der Waals surface area contributed by atoms with Crippen molar-refractivity contribution in [3.63, 3.8) is 0 Å². The lowest BCUT2D eigenvalue weighted by atomic mass is 9.94. The summed E-state index contributed by atoms with van der Waals surface area (Å²) in [5, 5.41) is 12.0. The van der Waals surface area contributed by atoms with Crippen LogP contribution >= 0.6 is 0 Å². The van der Waals surface area contributed by atoms with Gasteiger partial charge in [0.15, 0.2) is 0 Å². The fraction of sp³-hybridized carbons (Fsp3) is 0.211. The van der Waals surface area contributed by atoms with E-state index in [0.29, 0.717) is 27.9 Å². The van der Waals surface area contributed by atoms with Crippen molar-refractivity contribution in [2.75, 3.05) is 13.2 Å². The van der Waals surface area contributed by atoms with Gasteiger partial charge in [-0.05, 0) is 37.3 Å². The SMILES string of the molecule is C[C@H](N)c1nc2ccc(F)cc2c(C(=O)NCCO)c1-c1ccccn1. The minimum Gasteiger partial charge on any atom is -0.395 e. The fourth-order valence-electron chi connectivity index (χ4n) is 2.85. The summed E-state index contributed by atoms with van der Waals surface area (Å²) >= 11 is 0.